The Bertz CT molecular complexity index is 745. The van der Waals surface area contributed by atoms with Gasteiger partial charge in [0.25, 0.3) is 0 Å². The first kappa shape index (κ1) is 19.5. The van der Waals surface area contributed by atoms with Gasteiger partial charge in [0.1, 0.15) is 11.9 Å². The number of ether oxygens (including phenoxy) is 2. The molecule has 152 valence electrons. The normalized spacial score (nSPS) is 34.5. The summed E-state index contributed by atoms with van der Waals surface area (Å²) >= 11 is 0. The van der Waals surface area contributed by atoms with Crippen molar-refractivity contribution in [2.24, 2.45) is 23.2 Å². The van der Waals surface area contributed by atoms with Gasteiger partial charge < -0.3 is 14.8 Å². The van der Waals surface area contributed by atoms with Gasteiger partial charge in [0, 0.05) is 12.5 Å². The molecule has 0 spiro atoms. The lowest BCUT2D eigenvalue weighted by Gasteiger charge is -2.50. The summed E-state index contributed by atoms with van der Waals surface area (Å²) < 4.78 is 11.3. The molecule has 0 unspecified atom stereocenters. The maximum absolute atomic E-state index is 12.6. The van der Waals surface area contributed by atoms with E-state index in [1.165, 1.54) is 24.0 Å². The van der Waals surface area contributed by atoms with E-state index in [0.29, 0.717) is 18.4 Å². The number of hydrogen-bond donors (Lipinski definition) is 1. The van der Waals surface area contributed by atoms with E-state index in [0.717, 1.165) is 38.0 Å². The van der Waals surface area contributed by atoms with Crippen molar-refractivity contribution < 1.29 is 14.3 Å². The SMILES string of the molecule is C=C1CCC[C@]2(C)C[C@H]3OC(=O)[C@@H](CNCCc4ccccc4OC)[C@@H]3C[C@@H]12. The molecule has 4 rings (SSSR count). The molecule has 4 heteroatoms. The van der Waals surface area contributed by atoms with Crippen LogP contribution in [0.3, 0.4) is 0 Å². The van der Waals surface area contributed by atoms with E-state index in [9.17, 15) is 4.79 Å². The summed E-state index contributed by atoms with van der Waals surface area (Å²) in [5.74, 6) is 1.77. The minimum Gasteiger partial charge on any atom is -0.496 e. The summed E-state index contributed by atoms with van der Waals surface area (Å²) in [6.07, 6.45) is 6.66. The largest absolute Gasteiger partial charge is 0.496 e. The number of para-hydroxylation sites is 1. The van der Waals surface area contributed by atoms with E-state index >= 15 is 0 Å². The van der Waals surface area contributed by atoms with E-state index in [-0.39, 0.29) is 23.4 Å². The predicted molar refractivity (Wildman–Crippen MR) is 110 cm³/mol. The average molecular weight is 384 g/mol. The van der Waals surface area contributed by atoms with Crippen molar-refractivity contribution in [3.63, 3.8) is 0 Å². The van der Waals surface area contributed by atoms with Crippen LogP contribution in [0.4, 0.5) is 0 Å². The molecular weight excluding hydrogens is 350 g/mol. The molecule has 3 aliphatic rings. The highest BCUT2D eigenvalue weighted by Crippen LogP contribution is 2.56. The van der Waals surface area contributed by atoms with Crippen LogP contribution in [0.15, 0.2) is 36.4 Å². The predicted octanol–water partition coefficient (Wildman–Crippen LogP) is 4.14. The summed E-state index contributed by atoms with van der Waals surface area (Å²) in [6.45, 7) is 8.28. The molecule has 4 nitrogen and oxygen atoms in total. The van der Waals surface area contributed by atoms with Crippen molar-refractivity contribution in [1.82, 2.24) is 5.32 Å². The zero-order valence-corrected chi connectivity index (χ0v) is 17.2. The molecule has 3 fully saturated rings. The third-order valence-corrected chi connectivity index (χ3v) is 7.45. The third kappa shape index (κ3) is 3.59. The van der Waals surface area contributed by atoms with Crippen LogP contribution in [0.25, 0.3) is 0 Å². The first-order valence-electron chi connectivity index (χ1n) is 10.7. The molecule has 0 bridgehead atoms. The number of carbonyl (C=O) groups is 1. The van der Waals surface area contributed by atoms with Gasteiger partial charge in [-0.15, -0.1) is 0 Å². The van der Waals surface area contributed by atoms with Crippen LogP contribution in [0.5, 0.6) is 5.75 Å². The lowest BCUT2D eigenvalue weighted by atomic mass is 9.55. The standard InChI is InChI=1S/C24H33NO3/c1-16-7-6-11-24(2)14-22-18(13-20(16)24)19(23(26)28-22)15-25-12-10-17-8-4-5-9-21(17)27-3/h4-5,8-9,18-20,22,25H,1,6-7,10-15H2,2-3H3/t18-,19-,20-,22+,24+/m0/s1. The fraction of sp³-hybridized carbons (Fsp3) is 0.625. The van der Waals surface area contributed by atoms with Crippen molar-refractivity contribution in [1.29, 1.82) is 0 Å². The number of methoxy groups -OCH3 is 1. The van der Waals surface area contributed by atoms with Gasteiger partial charge >= 0.3 is 5.97 Å². The number of fused-ring (bicyclic) bond motifs is 2. The number of hydrogen-bond acceptors (Lipinski definition) is 4. The monoisotopic (exact) mass is 383 g/mol. The Morgan fingerprint density at radius 2 is 2.18 bits per heavy atom. The number of benzene rings is 1. The van der Waals surface area contributed by atoms with Crippen LogP contribution in [-0.4, -0.2) is 32.3 Å². The summed E-state index contributed by atoms with van der Waals surface area (Å²) in [7, 11) is 1.71. The van der Waals surface area contributed by atoms with E-state index in [1.54, 1.807) is 7.11 Å². The molecule has 0 amide bonds. The maximum atomic E-state index is 12.6. The van der Waals surface area contributed by atoms with E-state index in [2.05, 4.69) is 24.9 Å². The molecule has 1 heterocycles. The summed E-state index contributed by atoms with van der Waals surface area (Å²) in [5.41, 5.74) is 2.86. The Morgan fingerprint density at radius 1 is 1.36 bits per heavy atom. The van der Waals surface area contributed by atoms with Crippen molar-refractivity contribution in [2.75, 3.05) is 20.2 Å². The molecule has 1 aliphatic heterocycles. The van der Waals surface area contributed by atoms with E-state index < -0.39 is 0 Å². The highest BCUT2D eigenvalue weighted by Gasteiger charge is 2.54. The first-order valence-corrected chi connectivity index (χ1v) is 10.7. The Labute approximate surface area is 168 Å². The molecule has 1 aromatic carbocycles. The molecule has 2 saturated carbocycles. The molecule has 1 saturated heterocycles. The Morgan fingerprint density at radius 3 is 3.00 bits per heavy atom. The van der Waals surface area contributed by atoms with Gasteiger partial charge in [0.2, 0.25) is 0 Å². The van der Waals surface area contributed by atoms with Crippen LogP contribution >= 0.6 is 0 Å². The Kier molecular flexibility index (Phi) is 5.50. The van der Waals surface area contributed by atoms with Crippen LogP contribution < -0.4 is 10.1 Å². The van der Waals surface area contributed by atoms with Crippen molar-refractivity contribution in [2.45, 2.75) is 51.6 Å². The van der Waals surface area contributed by atoms with Gasteiger partial charge in [0.15, 0.2) is 0 Å². The highest BCUT2D eigenvalue weighted by molar-refractivity contribution is 5.75. The van der Waals surface area contributed by atoms with Crippen molar-refractivity contribution >= 4 is 5.97 Å². The number of nitrogens with one attached hydrogen (secondary N) is 1. The smallest absolute Gasteiger partial charge is 0.310 e. The molecule has 1 aromatic rings. The minimum absolute atomic E-state index is 0.00680. The third-order valence-electron chi connectivity index (χ3n) is 7.45. The topological polar surface area (TPSA) is 47.6 Å². The fourth-order valence-corrected chi connectivity index (χ4v) is 5.88. The van der Waals surface area contributed by atoms with E-state index in [1.807, 2.05) is 18.2 Å². The summed E-state index contributed by atoms with van der Waals surface area (Å²) in [4.78, 5) is 12.6. The molecule has 28 heavy (non-hydrogen) atoms. The summed E-state index contributed by atoms with van der Waals surface area (Å²) in [5, 5.41) is 3.50. The first-order chi connectivity index (χ1) is 13.5. The molecule has 0 aromatic heterocycles. The number of esters is 1. The van der Waals surface area contributed by atoms with Gasteiger partial charge in [-0.25, -0.2) is 0 Å². The lowest BCUT2D eigenvalue weighted by molar-refractivity contribution is -0.146. The Hall–Kier alpha value is -1.81. The van der Waals surface area contributed by atoms with Crippen LogP contribution in [0, 0.1) is 23.2 Å². The Balaban J connectivity index is 1.35. The second-order valence-electron chi connectivity index (χ2n) is 9.17. The average Bonchev–Trinajstić information content (AvgIpc) is 2.97. The molecule has 2 aliphatic carbocycles. The zero-order valence-electron chi connectivity index (χ0n) is 17.2. The molecule has 0 radical (unpaired) electrons. The molecule has 5 atom stereocenters. The van der Waals surface area contributed by atoms with Crippen LogP contribution in [0.2, 0.25) is 0 Å². The zero-order chi connectivity index (χ0) is 19.7. The quantitative estimate of drug-likeness (QED) is 0.456. The van der Waals surface area contributed by atoms with Crippen molar-refractivity contribution in [3.05, 3.63) is 42.0 Å². The number of carbonyl (C=O) groups excluding carboxylic acids is 1. The second kappa shape index (κ2) is 7.90. The summed E-state index contributed by atoms with van der Waals surface area (Å²) in [6, 6.07) is 8.11. The van der Waals surface area contributed by atoms with Gasteiger partial charge in [-0.3, -0.25) is 4.79 Å². The lowest BCUT2D eigenvalue weighted by Crippen LogP contribution is -2.45. The molecule has 1 N–H and O–H groups in total. The van der Waals surface area contributed by atoms with Crippen molar-refractivity contribution in [3.8, 4) is 5.75 Å². The van der Waals surface area contributed by atoms with Gasteiger partial charge in [-0.2, -0.15) is 0 Å². The highest BCUT2D eigenvalue weighted by atomic mass is 16.6. The second-order valence-corrected chi connectivity index (χ2v) is 9.17. The number of rotatable bonds is 6. The molecular formula is C24H33NO3. The minimum atomic E-state index is -0.0260. The van der Waals surface area contributed by atoms with Gasteiger partial charge in [-0.1, -0.05) is 37.3 Å². The van der Waals surface area contributed by atoms with Gasteiger partial charge in [-0.05, 0) is 68.0 Å². The fourth-order valence-electron chi connectivity index (χ4n) is 5.88. The van der Waals surface area contributed by atoms with E-state index in [4.69, 9.17) is 9.47 Å². The van der Waals surface area contributed by atoms with Crippen LogP contribution in [-0.2, 0) is 16.0 Å². The van der Waals surface area contributed by atoms with Crippen LogP contribution in [0.1, 0.15) is 44.6 Å². The van der Waals surface area contributed by atoms with Gasteiger partial charge in [0.05, 0.1) is 13.0 Å². The number of allylic oxidation sites excluding steroid dienone is 1. The maximum Gasteiger partial charge on any atom is 0.310 e.